The van der Waals surface area contributed by atoms with Crippen molar-refractivity contribution in [3.05, 3.63) is 57.8 Å². The first-order valence-electron chi connectivity index (χ1n) is 6.34. The zero-order valence-electron chi connectivity index (χ0n) is 11.1. The second-order valence-electron chi connectivity index (χ2n) is 4.43. The fourth-order valence-electron chi connectivity index (χ4n) is 1.82. The van der Waals surface area contributed by atoms with Crippen LogP contribution in [0.25, 0.3) is 0 Å². The standard InChI is InChI=1S/C15H16BrClN2O/c1-18-12(7-11-5-3-2-4-6-11)10-20-13-8-14(16)15(17)19-9-13/h2-6,8-9,12,18H,7,10H2,1H3/t12-/m0/s1. The van der Waals surface area contributed by atoms with Crippen molar-refractivity contribution >= 4 is 27.5 Å². The number of halogens is 2. The molecular weight excluding hydrogens is 340 g/mol. The number of pyridine rings is 1. The van der Waals surface area contributed by atoms with Crippen molar-refractivity contribution in [1.29, 1.82) is 0 Å². The Hall–Kier alpha value is -1.10. The van der Waals surface area contributed by atoms with E-state index in [1.807, 2.05) is 31.3 Å². The Labute approximate surface area is 132 Å². The van der Waals surface area contributed by atoms with Gasteiger partial charge in [-0.2, -0.15) is 0 Å². The summed E-state index contributed by atoms with van der Waals surface area (Å²) in [4.78, 5) is 4.04. The van der Waals surface area contributed by atoms with Gasteiger partial charge < -0.3 is 10.1 Å². The van der Waals surface area contributed by atoms with Crippen LogP contribution in [0.1, 0.15) is 5.56 Å². The minimum atomic E-state index is 0.242. The lowest BCUT2D eigenvalue weighted by Crippen LogP contribution is -2.33. The molecule has 0 spiro atoms. The van der Waals surface area contributed by atoms with Gasteiger partial charge in [-0.25, -0.2) is 4.98 Å². The van der Waals surface area contributed by atoms with Gasteiger partial charge in [0.25, 0.3) is 0 Å². The second-order valence-corrected chi connectivity index (χ2v) is 5.64. The molecule has 0 amide bonds. The van der Waals surface area contributed by atoms with Crippen LogP contribution in [0.5, 0.6) is 5.75 Å². The Morgan fingerprint density at radius 3 is 2.75 bits per heavy atom. The van der Waals surface area contributed by atoms with Crippen LogP contribution in [0.3, 0.4) is 0 Å². The largest absolute Gasteiger partial charge is 0.490 e. The van der Waals surface area contributed by atoms with Crippen LogP contribution in [0.15, 0.2) is 47.1 Å². The van der Waals surface area contributed by atoms with Gasteiger partial charge in [0.05, 0.1) is 10.7 Å². The Morgan fingerprint density at radius 2 is 2.10 bits per heavy atom. The fourth-order valence-corrected chi connectivity index (χ4v) is 2.25. The summed E-state index contributed by atoms with van der Waals surface area (Å²) in [7, 11) is 1.94. The molecule has 1 aromatic carbocycles. The summed E-state index contributed by atoms with van der Waals surface area (Å²) in [5.41, 5.74) is 1.28. The van der Waals surface area contributed by atoms with E-state index in [2.05, 4.69) is 38.4 Å². The highest BCUT2D eigenvalue weighted by Crippen LogP contribution is 2.24. The van der Waals surface area contributed by atoms with E-state index >= 15 is 0 Å². The number of aromatic nitrogens is 1. The fraction of sp³-hybridized carbons (Fsp3) is 0.267. The molecule has 1 heterocycles. The highest BCUT2D eigenvalue weighted by molar-refractivity contribution is 9.10. The van der Waals surface area contributed by atoms with E-state index in [1.54, 1.807) is 6.20 Å². The smallest absolute Gasteiger partial charge is 0.143 e. The third kappa shape index (κ3) is 4.47. The van der Waals surface area contributed by atoms with Crippen LogP contribution in [0, 0.1) is 0 Å². The van der Waals surface area contributed by atoms with Crippen molar-refractivity contribution < 1.29 is 4.74 Å². The van der Waals surface area contributed by atoms with Crippen LogP contribution in [-0.4, -0.2) is 24.7 Å². The third-order valence-corrected chi connectivity index (χ3v) is 4.09. The molecule has 0 unspecified atom stereocenters. The number of hydrogen-bond donors (Lipinski definition) is 1. The number of likely N-dealkylation sites (N-methyl/N-ethyl adjacent to an activating group) is 1. The van der Waals surface area contributed by atoms with Gasteiger partial charge in [0.1, 0.15) is 17.5 Å². The van der Waals surface area contributed by atoms with Gasteiger partial charge >= 0.3 is 0 Å². The molecule has 1 N–H and O–H groups in total. The van der Waals surface area contributed by atoms with Crippen LogP contribution in [0.2, 0.25) is 5.15 Å². The van der Waals surface area contributed by atoms with E-state index in [-0.39, 0.29) is 6.04 Å². The van der Waals surface area contributed by atoms with Crippen molar-refractivity contribution in [2.24, 2.45) is 0 Å². The molecule has 1 aromatic heterocycles. The number of ether oxygens (including phenoxy) is 1. The van der Waals surface area contributed by atoms with Crippen molar-refractivity contribution in [1.82, 2.24) is 10.3 Å². The molecule has 0 radical (unpaired) electrons. The minimum Gasteiger partial charge on any atom is -0.490 e. The van der Waals surface area contributed by atoms with Gasteiger partial charge in [0.2, 0.25) is 0 Å². The molecule has 0 aliphatic rings. The maximum atomic E-state index is 5.85. The van der Waals surface area contributed by atoms with E-state index in [4.69, 9.17) is 16.3 Å². The Bertz CT molecular complexity index is 551. The molecule has 20 heavy (non-hydrogen) atoms. The molecule has 0 saturated carbocycles. The first-order valence-corrected chi connectivity index (χ1v) is 7.51. The van der Waals surface area contributed by atoms with Gasteiger partial charge in [-0.3, -0.25) is 0 Å². The topological polar surface area (TPSA) is 34.1 Å². The van der Waals surface area contributed by atoms with Gasteiger partial charge in [-0.1, -0.05) is 41.9 Å². The number of hydrogen-bond acceptors (Lipinski definition) is 3. The first kappa shape index (κ1) is 15.3. The predicted octanol–water partition coefficient (Wildman–Crippen LogP) is 3.71. The first-order chi connectivity index (χ1) is 9.69. The predicted molar refractivity (Wildman–Crippen MR) is 85.4 cm³/mol. The molecule has 0 bridgehead atoms. The Morgan fingerprint density at radius 1 is 1.35 bits per heavy atom. The lowest BCUT2D eigenvalue weighted by Gasteiger charge is -2.17. The summed E-state index contributed by atoms with van der Waals surface area (Å²) in [6, 6.07) is 12.4. The number of benzene rings is 1. The Balaban J connectivity index is 1.92. The molecule has 0 saturated heterocycles. The highest BCUT2D eigenvalue weighted by atomic mass is 79.9. The maximum absolute atomic E-state index is 5.85. The minimum absolute atomic E-state index is 0.242. The summed E-state index contributed by atoms with van der Waals surface area (Å²) in [5, 5.41) is 3.70. The SMILES string of the molecule is CN[C@H](COc1cnc(Cl)c(Br)c1)Cc1ccccc1. The quantitative estimate of drug-likeness (QED) is 0.802. The van der Waals surface area contributed by atoms with E-state index in [1.165, 1.54) is 5.56 Å². The van der Waals surface area contributed by atoms with Crippen molar-refractivity contribution in [3.63, 3.8) is 0 Å². The highest BCUT2D eigenvalue weighted by Gasteiger charge is 2.09. The Kier molecular flexibility index (Phi) is 5.83. The maximum Gasteiger partial charge on any atom is 0.143 e. The van der Waals surface area contributed by atoms with E-state index in [9.17, 15) is 0 Å². The molecule has 2 rings (SSSR count). The van der Waals surface area contributed by atoms with Crippen LogP contribution in [-0.2, 0) is 6.42 Å². The second kappa shape index (κ2) is 7.62. The third-order valence-electron chi connectivity index (χ3n) is 2.96. The van der Waals surface area contributed by atoms with Crippen molar-refractivity contribution in [2.45, 2.75) is 12.5 Å². The number of nitrogens with zero attached hydrogens (tertiary/aromatic N) is 1. The van der Waals surface area contributed by atoms with E-state index in [0.29, 0.717) is 17.5 Å². The normalized spacial score (nSPS) is 12.2. The molecule has 1 atom stereocenters. The lowest BCUT2D eigenvalue weighted by atomic mass is 10.1. The molecule has 5 heteroatoms. The molecular formula is C15H16BrClN2O. The van der Waals surface area contributed by atoms with Crippen molar-refractivity contribution in [3.8, 4) is 5.75 Å². The molecule has 0 aliphatic heterocycles. The number of nitrogens with one attached hydrogen (secondary N) is 1. The molecule has 0 fully saturated rings. The van der Waals surface area contributed by atoms with Crippen LogP contribution < -0.4 is 10.1 Å². The van der Waals surface area contributed by atoms with Crippen LogP contribution in [0.4, 0.5) is 0 Å². The van der Waals surface area contributed by atoms with Gasteiger partial charge in [-0.15, -0.1) is 0 Å². The average molecular weight is 356 g/mol. The summed E-state index contributed by atoms with van der Waals surface area (Å²) in [5.74, 6) is 0.703. The summed E-state index contributed by atoms with van der Waals surface area (Å²) in [6.07, 6.45) is 2.54. The zero-order chi connectivity index (χ0) is 14.4. The lowest BCUT2D eigenvalue weighted by molar-refractivity contribution is 0.269. The van der Waals surface area contributed by atoms with Gasteiger partial charge in [0.15, 0.2) is 0 Å². The van der Waals surface area contributed by atoms with Crippen molar-refractivity contribution in [2.75, 3.05) is 13.7 Å². The summed E-state index contributed by atoms with van der Waals surface area (Å²) < 4.78 is 6.49. The molecule has 3 nitrogen and oxygen atoms in total. The molecule has 0 aliphatic carbocycles. The van der Waals surface area contributed by atoms with E-state index in [0.717, 1.165) is 10.9 Å². The average Bonchev–Trinajstić information content (AvgIpc) is 2.48. The van der Waals surface area contributed by atoms with Gasteiger partial charge in [-0.05, 0) is 41.0 Å². The molecule has 2 aromatic rings. The van der Waals surface area contributed by atoms with Gasteiger partial charge in [0, 0.05) is 6.04 Å². The van der Waals surface area contributed by atoms with Crippen LogP contribution >= 0.6 is 27.5 Å². The summed E-state index contributed by atoms with van der Waals surface area (Å²) >= 11 is 9.19. The monoisotopic (exact) mass is 354 g/mol. The number of rotatable bonds is 6. The zero-order valence-corrected chi connectivity index (χ0v) is 13.5. The van der Waals surface area contributed by atoms with E-state index < -0.39 is 0 Å². The summed E-state index contributed by atoms with van der Waals surface area (Å²) in [6.45, 7) is 0.571. The molecule has 106 valence electrons.